The zero-order valence-electron chi connectivity index (χ0n) is 16.2. The Bertz CT molecular complexity index is 775. The van der Waals surface area contributed by atoms with Crippen LogP contribution in [0.5, 0.6) is 0 Å². The molecule has 1 aromatic rings. The van der Waals surface area contributed by atoms with Gasteiger partial charge in [0.2, 0.25) is 15.9 Å². The molecule has 0 radical (unpaired) electrons. The van der Waals surface area contributed by atoms with Gasteiger partial charge in [-0.25, -0.2) is 8.42 Å². The molecule has 2 saturated heterocycles. The van der Waals surface area contributed by atoms with E-state index in [1.807, 2.05) is 0 Å². The van der Waals surface area contributed by atoms with Gasteiger partial charge in [0.25, 0.3) is 0 Å². The monoisotopic (exact) mass is 394 g/mol. The lowest BCUT2D eigenvalue weighted by Gasteiger charge is -2.33. The van der Waals surface area contributed by atoms with E-state index in [0.29, 0.717) is 36.9 Å². The third-order valence-electron chi connectivity index (χ3n) is 5.39. The van der Waals surface area contributed by atoms with Crippen LogP contribution in [0.2, 0.25) is 0 Å². The summed E-state index contributed by atoms with van der Waals surface area (Å²) in [5.74, 6) is -0.117. The van der Waals surface area contributed by atoms with Crippen molar-refractivity contribution in [2.24, 2.45) is 0 Å². The quantitative estimate of drug-likeness (QED) is 0.789. The van der Waals surface area contributed by atoms with E-state index in [0.717, 1.165) is 38.9 Å². The van der Waals surface area contributed by atoms with Gasteiger partial charge in [-0.3, -0.25) is 9.69 Å². The summed E-state index contributed by atoms with van der Waals surface area (Å²) in [6.07, 6.45) is 2.88. The van der Waals surface area contributed by atoms with Crippen molar-refractivity contribution in [2.45, 2.75) is 44.0 Å². The van der Waals surface area contributed by atoms with Gasteiger partial charge in [-0.1, -0.05) is 12.5 Å². The van der Waals surface area contributed by atoms with E-state index in [1.165, 1.54) is 0 Å². The van der Waals surface area contributed by atoms with Gasteiger partial charge < -0.3 is 10.6 Å². The normalized spacial score (nSPS) is 22.5. The Morgan fingerprint density at radius 1 is 1.22 bits per heavy atom. The highest BCUT2D eigenvalue weighted by molar-refractivity contribution is 7.89. The number of piperidine rings is 1. The number of carbonyl (C=O) groups excluding carboxylic acids is 1. The van der Waals surface area contributed by atoms with Crippen molar-refractivity contribution in [3.05, 3.63) is 23.8 Å². The highest BCUT2D eigenvalue weighted by atomic mass is 32.2. The Morgan fingerprint density at radius 3 is 2.67 bits per heavy atom. The van der Waals surface area contributed by atoms with Crippen molar-refractivity contribution in [2.75, 3.05) is 44.6 Å². The molecule has 7 nitrogen and oxygen atoms in total. The van der Waals surface area contributed by atoms with E-state index < -0.39 is 10.0 Å². The summed E-state index contributed by atoms with van der Waals surface area (Å²) in [5, 5.41) is 6.17. The minimum atomic E-state index is -3.52. The predicted molar refractivity (Wildman–Crippen MR) is 106 cm³/mol. The van der Waals surface area contributed by atoms with E-state index in [1.54, 1.807) is 29.4 Å². The summed E-state index contributed by atoms with van der Waals surface area (Å²) in [5.41, 5.74) is 1.23. The molecule has 1 amide bonds. The summed E-state index contributed by atoms with van der Waals surface area (Å²) in [6.45, 7) is 7.91. The fraction of sp³-hybridized carbons (Fsp3) is 0.632. The number of benzene rings is 1. The van der Waals surface area contributed by atoms with Crippen LogP contribution in [0, 0.1) is 6.92 Å². The maximum atomic E-state index is 13.0. The van der Waals surface area contributed by atoms with Crippen molar-refractivity contribution in [1.29, 1.82) is 0 Å². The third kappa shape index (κ3) is 4.87. The van der Waals surface area contributed by atoms with Crippen molar-refractivity contribution >= 4 is 21.6 Å². The van der Waals surface area contributed by atoms with Crippen LogP contribution in [0.3, 0.4) is 0 Å². The van der Waals surface area contributed by atoms with E-state index in [4.69, 9.17) is 0 Å². The van der Waals surface area contributed by atoms with E-state index >= 15 is 0 Å². The SMILES string of the molecule is Cc1ccc(NC(=O)CN2CCNC[C@@H]2C)cc1S(=O)(=O)N1CCCCC1. The average Bonchev–Trinajstić information content (AvgIpc) is 2.66. The average molecular weight is 395 g/mol. The van der Waals surface area contributed by atoms with Crippen LogP contribution in [0.4, 0.5) is 5.69 Å². The van der Waals surface area contributed by atoms with Crippen molar-refractivity contribution in [3.8, 4) is 0 Å². The van der Waals surface area contributed by atoms with Crippen LogP contribution in [-0.4, -0.2) is 68.8 Å². The zero-order valence-corrected chi connectivity index (χ0v) is 17.0. The summed E-state index contributed by atoms with van der Waals surface area (Å²) in [6, 6.07) is 5.43. The summed E-state index contributed by atoms with van der Waals surface area (Å²) in [7, 11) is -3.52. The molecule has 2 aliphatic rings. The summed E-state index contributed by atoms with van der Waals surface area (Å²) >= 11 is 0. The van der Waals surface area contributed by atoms with Gasteiger partial charge in [-0.15, -0.1) is 0 Å². The Hall–Kier alpha value is -1.48. The zero-order chi connectivity index (χ0) is 19.4. The van der Waals surface area contributed by atoms with Gasteiger partial charge in [-0.05, 0) is 44.4 Å². The number of hydrogen-bond donors (Lipinski definition) is 2. The molecule has 0 aliphatic carbocycles. The largest absolute Gasteiger partial charge is 0.325 e. The Kier molecular flexibility index (Phi) is 6.52. The third-order valence-corrected chi connectivity index (χ3v) is 7.43. The maximum Gasteiger partial charge on any atom is 0.243 e. The van der Waals surface area contributed by atoms with Crippen molar-refractivity contribution in [1.82, 2.24) is 14.5 Å². The fourth-order valence-electron chi connectivity index (χ4n) is 3.70. The lowest BCUT2D eigenvalue weighted by molar-refractivity contribution is -0.118. The van der Waals surface area contributed by atoms with Gasteiger partial charge in [0.1, 0.15) is 0 Å². The molecular weight excluding hydrogens is 364 g/mol. The fourth-order valence-corrected chi connectivity index (χ4v) is 5.47. The van der Waals surface area contributed by atoms with Crippen LogP contribution in [0.15, 0.2) is 23.1 Å². The second-order valence-corrected chi connectivity index (χ2v) is 9.42. The van der Waals surface area contributed by atoms with E-state index in [2.05, 4.69) is 22.5 Å². The molecule has 2 fully saturated rings. The summed E-state index contributed by atoms with van der Waals surface area (Å²) < 4.78 is 27.6. The molecule has 0 unspecified atom stereocenters. The van der Waals surface area contributed by atoms with Crippen LogP contribution in [0.25, 0.3) is 0 Å². The van der Waals surface area contributed by atoms with Gasteiger partial charge >= 0.3 is 0 Å². The van der Waals surface area contributed by atoms with Gasteiger partial charge in [0.05, 0.1) is 11.4 Å². The molecule has 0 spiro atoms. The Morgan fingerprint density at radius 2 is 1.96 bits per heavy atom. The first-order valence-electron chi connectivity index (χ1n) is 9.73. The second-order valence-electron chi connectivity index (χ2n) is 7.52. The van der Waals surface area contributed by atoms with E-state index in [-0.39, 0.29) is 10.8 Å². The molecule has 1 atom stereocenters. The molecule has 27 heavy (non-hydrogen) atoms. The molecule has 0 saturated carbocycles. The number of sulfonamides is 1. The number of hydrogen-bond acceptors (Lipinski definition) is 5. The molecule has 3 rings (SSSR count). The smallest absolute Gasteiger partial charge is 0.243 e. The van der Waals surface area contributed by atoms with Gasteiger partial charge in [0.15, 0.2) is 0 Å². The standard InChI is InChI=1S/C19H30N4O3S/c1-15-6-7-17(21-19(24)14-22-11-8-20-13-16(22)2)12-18(15)27(25,26)23-9-4-3-5-10-23/h6-7,12,16,20H,3-5,8-11,13-14H2,1-2H3,(H,21,24)/t16-/m0/s1. The number of rotatable bonds is 5. The molecule has 150 valence electrons. The molecule has 2 heterocycles. The second kappa shape index (κ2) is 8.68. The van der Waals surface area contributed by atoms with Crippen LogP contribution < -0.4 is 10.6 Å². The number of piperazine rings is 1. The number of aryl methyl sites for hydroxylation is 1. The van der Waals surface area contributed by atoms with E-state index in [9.17, 15) is 13.2 Å². The van der Waals surface area contributed by atoms with Crippen LogP contribution >= 0.6 is 0 Å². The highest BCUT2D eigenvalue weighted by Gasteiger charge is 2.28. The molecular formula is C19H30N4O3S. The number of nitrogens with one attached hydrogen (secondary N) is 2. The van der Waals surface area contributed by atoms with Gasteiger partial charge in [-0.2, -0.15) is 4.31 Å². The molecule has 2 N–H and O–H groups in total. The van der Waals surface area contributed by atoms with Crippen molar-refractivity contribution < 1.29 is 13.2 Å². The predicted octanol–water partition coefficient (Wildman–Crippen LogP) is 1.40. The number of amides is 1. The molecule has 2 aliphatic heterocycles. The lowest BCUT2D eigenvalue weighted by atomic mass is 10.2. The molecule has 0 aromatic heterocycles. The lowest BCUT2D eigenvalue weighted by Crippen LogP contribution is -2.51. The van der Waals surface area contributed by atoms with Crippen LogP contribution in [-0.2, 0) is 14.8 Å². The van der Waals surface area contributed by atoms with Crippen molar-refractivity contribution in [3.63, 3.8) is 0 Å². The first kappa shape index (κ1) is 20.3. The summed E-state index contributed by atoms with van der Waals surface area (Å²) in [4.78, 5) is 14.9. The Balaban J connectivity index is 1.72. The minimum Gasteiger partial charge on any atom is -0.325 e. The number of carbonyl (C=O) groups is 1. The molecule has 8 heteroatoms. The molecule has 0 bridgehead atoms. The Labute approximate surface area is 162 Å². The number of anilines is 1. The minimum absolute atomic E-state index is 0.117. The topological polar surface area (TPSA) is 81.8 Å². The highest BCUT2D eigenvalue weighted by Crippen LogP contribution is 2.26. The van der Waals surface area contributed by atoms with Crippen LogP contribution in [0.1, 0.15) is 31.7 Å². The molecule has 1 aromatic carbocycles. The first-order valence-corrected chi connectivity index (χ1v) is 11.2. The first-order chi connectivity index (χ1) is 12.9. The van der Waals surface area contributed by atoms with Gasteiger partial charge in [0, 0.05) is 44.5 Å². The maximum absolute atomic E-state index is 13.0. The number of nitrogens with zero attached hydrogens (tertiary/aromatic N) is 2.